The predicted octanol–water partition coefficient (Wildman–Crippen LogP) is 4.64. The maximum atomic E-state index is 12.5. The lowest BCUT2D eigenvalue weighted by atomic mass is 9.86. The Morgan fingerprint density at radius 3 is 2.30 bits per heavy atom. The van der Waals surface area contributed by atoms with Gasteiger partial charge >= 0.3 is 0 Å². The maximum Gasteiger partial charge on any atom is 0.275 e. The Balaban J connectivity index is 1.66. The molecule has 0 aliphatic rings. The zero-order valence-electron chi connectivity index (χ0n) is 15.9. The first-order valence-electron chi connectivity index (χ1n) is 8.94. The van der Waals surface area contributed by atoms with Gasteiger partial charge in [0.25, 0.3) is 5.91 Å². The van der Waals surface area contributed by atoms with Gasteiger partial charge in [0.1, 0.15) is 11.5 Å². The summed E-state index contributed by atoms with van der Waals surface area (Å²) >= 11 is 0. The van der Waals surface area contributed by atoms with E-state index in [1.165, 1.54) is 6.20 Å². The number of nitrogens with zero attached hydrogens (tertiary/aromatic N) is 2. The highest BCUT2D eigenvalue weighted by Gasteiger charge is 2.19. The molecule has 0 unspecified atom stereocenters. The second kappa shape index (κ2) is 7.99. The van der Waals surface area contributed by atoms with Crippen molar-refractivity contribution in [1.29, 1.82) is 0 Å². The quantitative estimate of drug-likeness (QED) is 0.696. The van der Waals surface area contributed by atoms with Crippen molar-refractivity contribution in [2.45, 2.75) is 32.7 Å². The molecule has 0 aliphatic heterocycles. The summed E-state index contributed by atoms with van der Waals surface area (Å²) in [6, 6.07) is 17.9. The van der Waals surface area contributed by atoms with Gasteiger partial charge in [-0.1, -0.05) is 69.3 Å². The Morgan fingerprint density at radius 2 is 1.63 bits per heavy atom. The molecule has 2 aromatic carbocycles. The fourth-order valence-electron chi connectivity index (χ4n) is 2.76. The smallest absolute Gasteiger partial charge is 0.275 e. The molecule has 0 bridgehead atoms. The number of anilines is 2. The van der Waals surface area contributed by atoms with Crippen molar-refractivity contribution in [3.8, 4) is 0 Å². The predicted molar refractivity (Wildman–Crippen MR) is 109 cm³/mol. The Bertz CT molecular complexity index is 900. The van der Waals surface area contributed by atoms with Gasteiger partial charge in [-0.2, -0.15) is 0 Å². The van der Waals surface area contributed by atoms with Crippen LogP contribution in [0.5, 0.6) is 0 Å². The van der Waals surface area contributed by atoms with Gasteiger partial charge in [0.2, 0.25) is 0 Å². The molecule has 1 amide bonds. The largest absolute Gasteiger partial charge is 0.365 e. The van der Waals surface area contributed by atoms with Crippen LogP contribution in [0.3, 0.4) is 0 Å². The van der Waals surface area contributed by atoms with Gasteiger partial charge in [0, 0.05) is 12.2 Å². The molecule has 5 nitrogen and oxygen atoms in total. The number of aromatic nitrogens is 2. The zero-order chi connectivity index (χ0) is 19.3. The van der Waals surface area contributed by atoms with E-state index in [1.807, 2.05) is 54.6 Å². The summed E-state index contributed by atoms with van der Waals surface area (Å²) in [5, 5.41) is 6.15. The van der Waals surface area contributed by atoms with Crippen LogP contribution < -0.4 is 10.6 Å². The lowest BCUT2D eigenvalue weighted by Gasteiger charge is -2.22. The van der Waals surface area contributed by atoms with E-state index in [4.69, 9.17) is 0 Å². The van der Waals surface area contributed by atoms with Crippen molar-refractivity contribution in [3.05, 3.63) is 83.8 Å². The van der Waals surface area contributed by atoms with Gasteiger partial charge in [0.05, 0.1) is 12.4 Å². The molecule has 0 saturated heterocycles. The van der Waals surface area contributed by atoms with Crippen molar-refractivity contribution in [3.63, 3.8) is 0 Å². The number of benzene rings is 2. The molecular formula is C22H24N4O. The van der Waals surface area contributed by atoms with E-state index in [1.54, 1.807) is 6.20 Å². The number of carbonyl (C=O) groups excluding carboxylic acids is 1. The van der Waals surface area contributed by atoms with Crippen LogP contribution >= 0.6 is 0 Å². The number of amides is 1. The number of hydrogen-bond donors (Lipinski definition) is 2. The molecule has 0 radical (unpaired) electrons. The number of carbonyl (C=O) groups is 1. The molecule has 3 rings (SSSR count). The summed E-state index contributed by atoms with van der Waals surface area (Å²) in [6.45, 7) is 7.00. The average molecular weight is 360 g/mol. The monoisotopic (exact) mass is 360 g/mol. The number of para-hydroxylation sites is 1. The first kappa shape index (κ1) is 18.6. The highest BCUT2D eigenvalue weighted by molar-refractivity contribution is 6.03. The van der Waals surface area contributed by atoms with Gasteiger partial charge in [-0.25, -0.2) is 9.97 Å². The second-order valence-corrected chi connectivity index (χ2v) is 7.38. The minimum absolute atomic E-state index is 0.0687. The van der Waals surface area contributed by atoms with Crippen molar-refractivity contribution in [2.75, 3.05) is 10.6 Å². The van der Waals surface area contributed by atoms with Crippen LogP contribution in [0.25, 0.3) is 0 Å². The lowest BCUT2D eigenvalue weighted by molar-refractivity contribution is 0.102. The lowest BCUT2D eigenvalue weighted by Crippen LogP contribution is -2.19. The zero-order valence-corrected chi connectivity index (χ0v) is 15.9. The van der Waals surface area contributed by atoms with E-state index in [0.717, 1.165) is 16.8 Å². The molecule has 138 valence electrons. The Kier molecular flexibility index (Phi) is 5.50. The van der Waals surface area contributed by atoms with Crippen molar-refractivity contribution >= 4 is 17.4 Å². The van der Waals surface area contributed by atoms with Crippen LogP contribution in [0, 0.1) is 0 Å². The van der Waals surface area contributed by atoms with E-state index >= 15 is 0 Å². The number of rotatable bonds is 5. The molecule has 0 atom stereocenters. The first-order chi connectivity index (χ1) is 12.9. The second-order valence-electron chi connectivity index (χ2n) is 7.38. The molecule has 2 N–H and O–H groups in total. The summed E-state index contributed by atoms with van der Waals surface area (Å²) in [5.41, 5.74) is 3.24. The Morgan fingerprint density at radius 1 is 0.926 bits per heavy atom. The Hall–Kier alpha value is -3.21. The van der Waals surface area contributed by atoms with Gasteiger partial charge in [-0.05, 0) is 22.6 Å². The van der Waals surface area contributed by atoms with Gasteiger partial charge in [0.15, 0.2) is 0 Å². The van der Waals surface area contributed by atoms with E-state index in [-0.39, 0.29) is 17.0 Å². The minimum atomic E-state index is -0.270. The Labute approximate surface area is 159 Å². The fraction of sp³-hybridized carbons (Fsp3) is 0.227. The third kappa shape index (κ3) is 4.91. The standard InChI is InChI=1S/C22H24N4O/c1-22(2,3)17-11-7-8-12-18(17)26-21(27)19-14-25-20(15-23-19)24-13-16-9-5-4-6-10-16/h4-12,14-15H,13H2,1-3H3,(H,24,25)(H,26,27). The number of nitrogens with one attached hydrogen (secondary N) is 2. The van der Waals surface area contributed by atoms with E-state index in [9.17, 15) is 4.79 Å². The fourth-order valence-corrected chi connectivity index (χ4v) is 2.76. The van der Waals surface area contributed by atoms with E-state index in [2.05, 4.69) is 41.4 Å². The molecule has 0 fully saturated rings. The number of hydrogen-bond acceptors (Lipinski definition) is 4. The topological polar surface area (TPSA) is 66.9 Å². The normalized spacial score (nSPS) is 11.1. The molecular weight excluding hydrogens is 336 g/mol. The highest BCUT2D eigenvalue weighted by Crippen LogP contribution is 2.29. The molecule has 27 heavy (non-hydrogen) atoms. The summed E-state index contributed by atoms with van der Waals surface area (Å²) < 4.78 is 0. The summed E-state index contributed by atoms with van der Waals surface area (Å²) in [4.78, 5) is 21.1. The van der Waals surface area contributed by atoms with Crippen LogP contribution in [0.1, 0.15) is 42.4 Å². The van der Waals surface area contributed by atoms with Crippen LogP contribution in [-0.4, -0.2) is 15.9 Å². The van der Waals surface area contributed by atoms with Crippen molar-refractivity contribution in [2.24, 2.45) is 0 Å². The van der Waals surface area contributed by atoms with Gasteiger partial charge < -0.3 is 10.6 Å². The van der Waals surface area contributed by atoms with Crippen LogP contribution in [0.15, 0.2) is 67.0 Å². The third-order valence-corrected chi connectivity index (χ3v) is 4.18. The van der Waals surface area contributed by atoms with Gasteiger partial charge in [-0.3, -0.25) is 4.79 Å². The molecule has 0 spiro atoms. The summed E-state index contributed by atoms with van der Waals surface area (Å²) in [6.07, 6.45) is 3.07. The van der Waals surface area contributed by atoms with Crippen molar-refractivity contribution in [1.82, 2.24) is 9.97 Å². The molecule has 3 aromatic rings. The van der Waals surface area contributed by atoms with E-state index < -0.39 is 0 Å². The van der Waals surface area contributed by atoms with E-state index in [0.29, 0.717) is 12.4 Å². The average Bonchev–Trinajstić information content (AvgIpc) is 2.67. The van der Waals surface area contributed by atoms with Crippen LogP contribution in [0.2, 0.25) is 0 Å². The molecule has 0 aliphatic carbocycles. The van der Waals surface area contributed by atoms with Gasteiger partial charge in [-0.15, -0.1) is 0 Å². The van der Waals surface area contributed by atoms with Crippen molar-refractivity contribution < 1.29 is 4.79 Å². The highest BCUT2D eigenvalue weighted by atomic mass is 16.1. The maximum absolute atomic E-state index is 12.5. The minimum Gasteiger partial charge on any atom is -0.365 e. The third-order valence-electron chi connectivity index (χ3n) is 4.18. The summed E-state index contributed by atoms with van der Waals surface area (Å²) in [7, 11) is 0. The van der Waals surface area contributed by atoms with Crippen LogP contribution in [-0.2, 0) is 12.0 Å². The molecule has 0 saturated carbocycles. The molecule has 1 heterocycles. The SMILES string of the molecule is CC(C)(C)c1ccccc1NC(=O)c1cnc(NCc2ccccc2)cn1. The van der Waals surface area contributed by atoms with Crippen LogP contribution in [0.4, 0.5) is 11.5 Å². The molecule has 1 aromatic heterocycles. The summed E-state index contributed by atoms with van der Waals surface area (Å²) in [5.74, 6) is 0.360. The molecule has 5 heteroatoms. The first-order valence-corrected chi connectivity index (χ1v) is 8.94.